The highest BCUT2D eigenvalue weighted by atomic mass is 15.2. The Hall–Kier alpha value is -0.860. The minimum atomic E-state index is 0.0518. The third-order valence-corrected chi connectivity index (χ3v) is 4.48. The van der Waals surface area contributed by atoms with Gasteiger partial charge in [0.2, 0.25) is 0 Å². The summed E-state index contributed by atoms with van der Waals surface area (Å²) in [6, 6.07) is 6.77. The highest BCUT2D eigenvalue weighted by Gasteiger charge is 2.32. The molecule has 0 spiro atoms. The molecule has 1 aromatic carbocycles. The van der Waals surface area contributed by atoms with Gasteiger partial charge < -0.3 is 10.6 Å². The van der Waals surface area contributed by atoms with Gasteiger partial charge in [-0.15, -0.1) is 0 Å². The number of rotatable bonds is 5. The van der Waals surface area contributed by atoms with E-state index in [1.807, 2.05) is 0 Å². The predicted molar refractivity (Wildman–Crippen MR) is 80.0 cm³/mol. The summed E-state index contributed by atoms with van der Waals surface area (Å²) in [6.45, 7) is 8.77. The van der Waals surface area contributed by atoms with Crippen LogP contribution in [-0.4, -0.2) is 30.6 Å². The standard InChI is InChI=1S/C16H28N2/c1-7-16(4,18(5)6)15(17)11-14-10-12(2)8-9-13(14)3/h8-10,15H,7,11,17H2,1-6H3. The van der Waals surface area contributed by atoms with Crippen molar-refractivity contribution in [2.24, 2.45) is 5.73 Å². The Kier molecular flexibility index (Phi) is 4.94. The van der Waals surface area contributed by atoms with Crippen LogP contribution in [0.2, 0.25) is 0 Å². The maximum atomic E-state index is 6.47. The fourth-order valence-electron chi connectivity index (χ4n) is 2.39. The van der Waals surface area contributed by atoms with Crippen LogP contribution < -0.4 is 5.73 Å². The summed E-state index contributed by atoms with van der Waals surface area (Å²) in [5.74, 6) is 0. The van der Waals surface area contributed by atoms with Crippen LogP contribution in [0.25, 0.3) is 0 Å². The fraction of sp³-hybridized carbons (Fsp3) is 0.625. The molecule has 0 fully saturated rings. The highest BCUT2D eigenvalue weighted by Crippen LogP contribution is 2.23. The fourth-order valence-corrected chi connectivity index (χ4v) is 2.39. The van der Waals surface area contributed by atoms with Gasteiger partial charge in [0.1, 0.15) is 0 Å². The summed E-state index contributed by atoms with van der Waals surface area (Å²) >= 11 is 0. The summed E-state index contributed by atoms with van der Waals surface area (Å²) in [4.78, 5) is 2.25. The molecule has 0 aliphatic carbocycles. The monoisotopic (exact) mass is 248 g/mol. The van der Waals surface area contributed by atoms with Gasteiger partial charge in [0, 0.05) is 11.6 Å². The van der Waals surface area contributed by atoms with Gasteiger partial charge in [0.05, 0.1) is 0 Å². The third-order valence-electron chi connectivity index (χ3n) is 4.48. The smallest absolute Gasteiger partial charge is 0.0326 e. The number of hydrogen-bond acceptors (Lipinski definition) is 2. The topological polar surface area (TPSA) is 29.3 Å². The maximum Gasteiger partial charge on any atom is 0.0326 e. The van der Waals surface area contributed by atoms with Crippen LogP contribution in [-0.2, 0) is 6.42 Å². The Morgan fingerprint density at radius 3 is 2.39 bits per heavy atom. The zero-order valence-electron chi connectivity index (χ0n) is 12.7. The van der Waals surface area contributed by atoms with Crippen molar-refractivity contribution in [2.75, 3.05) is 14.1 Å². The molecule has 0 saturated carbocycles. The first-order chi connectivity index (χ1) is 8.31. The molecule has 1 aromatic rings. The van der Waals surface area contributed by atoms with E-state index in [0.29, 0.717) is 0 Å². The van der Waals surface area contributed by atoms with E-state index in [4.69, 9.17) is 5.73 Å². The van der Waals surface area contributed by atoms with Gasteiger partial charge in [0.15, 0.2) is 0 Å². The second kappa shape index (κ2) is 5.85. The minimum absolute atomic E-state index is 0.0518. The molecule has 2 unspecified atom stereocenters. The molecule has 18 heavy (non-hydrogen) atoms. The zero-order chi connectivity index (χ0) is 13.9. The lowest BCUT2D eigenvalue weighted by molar-refractivity contribution is 0.131. The average Bonchev–Trinajstić information content (AvgIpc) is 2.32. The van der Waals surface area contributed by atoms with E-state index in [1.54, 1.807) is 0 Å². The first-order valence-electron chi connectivity index (χ1n) is 6.80. The quantitative estimate of drug-likeness (QED) is 0.868. The van der Waals surface area contributed by atoms with E-state index in [-0.39, 0.29) is 11.6 Å². The van der Waals surface area contributed by atoms with Crippen LogP contribution >= 0.6 is 0 Å². The SMILES string of the molecule is CCC(C)(C(N)Cc1cc(C)ccc1C)N(C)C. The van der Waals surface area contributed by atoms with Gasteiger partial charge in [-0.2, -0.15) is 0 Å². The largest absolute Gasteiger partial charge is 0.326 e. The molecule has 0 aliphatic heterocycles. The molecule has 2 atom stereocenters. The molecule has 1 rings (SSSR count). The van der Waals surface area contributed by atoms with Crippen molar-refractivity contribution in [3.05, 3.63) is 34.9 Å². The number of aryl methyl sites for hydroxylation is 2. The number of hydrogen-bond donors (Lipinski definition) is 1. The summed E-state index contributed by atoms with van der Waals surface area (Å²) in [7, 11) is 4.24. The van der Waals surface area contributed by atoms with Crippen molar-refractivity contribution in [3.8, 4) is 0 Å². The van der Waals surface area contributed by atoms with E-state index in [1.165, 1.54) is 16.7 Å². The van der Waals surface area contributed by atoms with Gasteiger partial charge in [-0.25, -0.2) is 0 Å². The van der Waals surface area contributed by atoms with E-state index in [2.05, 4.69) is 64.9 Å². The molecule has 0 amide bonds. The van der Waals surface area contributed by atoms with Crippen LogP contribution in [0.15, 0.2) is 18.2 Å². The van der Waals surface area contributed by atoms with Gasteiger partial charge in [0.25, 0.3) is 0 Å². The molecule has 0 heterocycles. The van der Waals surface area contributed by atoms with Gasteiger partial charge in [-0.05, 0) is 58.8 Å². The Morgan fingerprint density at radius 1 is 1.28 bits per heavy atom. The Bertz CT molecular complexity index is 398. The van der Waals surface area contributed by atoms with Gasteiger partial charge in [-0.1, -0.05) is 30.7 Å². The number of nitrogens with zero attached hydrogens (tertiary/aromatic N) is 1. The number of likely N-dealkylation sites (N-methyl/N-ethyl adjacent to an activating group) is 1. The lowest BCUT2D eigenvalue weighted by atomic mass is 9.84. The van der Waals surface area contributed by atoms with Crippen LogP contribution in [0.5, 0.6) is 0 Å². The molecular formula is C16H28N2. The van der Waals surface area contributed by atoms with Gasteiger partial charge in [-0.3, -0.25) is 0 Å². The maximum absolute atomic E-state index is 6.47. The molecule has 0 aliphatic rings. The molecule has 102 valence electrons. The highest BCUT2D eigenvalue weighted by molar-refractivity contribution is 5.31. The van der Waals surface area contributed by atoms with Crippen molar-refractivity contribution in [2.45, 2.75) is 52.1 Å². The van der Waals surface area contributed by atoms with E-state index >= 15 is 0 Å². The Morgan fingerprint density at radius 2 is 1.89 bits per heavy atom. The predicted octanol–water partition coefficient (Wildman–Crippen LogP) is 2.90. The van der Waals surface area contributed by atoms with E-state index < -0.39 is 0 Å². The third kappa shape index (κ3) is 3.12. The van der Waals surface area contributed by atoms with Crippen molar-refractivity contribution in [3.63, 3.8) is 0 Å². The average molecular weight is 248 g/mol. The molecule has 0 aromatic heterocycles. The molecule has 2 N–H and O–H groups in total. The van der Waals surface area contributed by atoms with Crippen LogP contribution in [0.4, 0.5) is 0 Å². The van der Waals surface area contributed by atoms with Crippen LogP contribution in [0, 0.1) is 13.8 Å². The van der Waals surface area contributed by atoms with Crippen molar-refractivity contribution in [1.29, 1.82) is 0 Å². The van der Waals surface area contributed by atoms with Crippen LogP contribution in [0.1, 0.15) is 37.0 Å². The van der Waals surface area contributed by atoms with Crippen molar-refractivity contribution in [1.82, 2.24) is 4.90 Å². The van der Waals surface area contributed by atoms with Crippen molar-refractivity contribution >= 4 is 0 Å². The molecule has 0 radical (unpaired) electrons. The lowest BCUT2D eigenvalue weighted by Crippen LogP contribution is -2.55. The first kappa shape index (κ1) is 15.2. The first-order valence-corrected chi connectivity index (χ1v) is 6.80. The molecular weight excluding hydrogens is 220 g/mol. The minimum Gasteiger partial charge on any atom is -0.326 e. The number of nitrogens with two attached hydrogens (primary N) is 1. The zero-order valence-corrected chi connectivity index (χ0v) is 12.7. The second-order valence-electron chi connectivity index (χ2n) is 5.85. The second-order valence-corrected chi connectivity index (χ2v) is 5.85. The van der Waals surface area contributed by atoms with E-state index in [0.717, 1.165) is 12.8 Å². The van der Waals surface area contributed by atoms with E-state index in [9.17, 15) is 0 Å². The Balaban J connectivity index is 2.93. The molecule has 0 saturated heterocycles. The molecule has 2 nitrogen and oxygen atoms in total. The summed E-state index contributed by atoms with van der Waals surface area (Å²) in [5, 5.41) is 0. The van der Waals surface area contributed by atoms with Crippen LogP contribution in [0.3, 0.4) is 0 Å². The number of benzene rings is 1. The summed E-state index contributed by atoms with van der Waals surface area (Å²) in [5.41, 5.74) is 10.6. The normalized spacial score (nSPS) is 16.7. The molecule has 2 heteroatoms. The van der Waals surface area contributed by atoms with Gasteiger partial charge >= 0.3 is 0 Å². The lowest BCUT2D eigenvalue weighted by Gasteiger charge is -2.41. The summed E-state index contributed by atoms with van der Waals surface area (Å²) < 4.78 is 0. The van der Waals surface area contributed by atoms with Crippen molar-refractivity contribution < 1.29 is 0 Å². The summed E-state index contributed by atoms with van der Waals surface area (Å²) in [6.07, 6.45) is 2.00. The molecule has 0 bridgehead atoms. The Labute approximate surface area is 112 Å².